The average molecular weight is 266 g/mol. The van der Waals surface area contributed by atoms with Gasteiger partial charge in [-0.05, 0) is 13.3 Å². The van der Waals surface area contributed by atoms with Crippen molar-refractivity contribution in [2.45, 2.75) is 30.5 Å². The number of hydrogen-bond acceptors (Lipinski definition) is 5. The van der Waals surface area contributed by atoms with E-state index in [-0.39, 0.29) is 10.8 Å². The molecule has 0 saturated heterocycles. The van der Waals surface area contributed by atoms with Gasteiger partial charge in [-0.1, -0.05) is 18.3 Å². The summed E-state index contributed by atoms with van der Waals surface area (Å²) in [6.45, 7) is 3.01. The van der Waals surface area contributed by atoms with E-state index in [2.05, 4.69) is 9.71 Å². The fraction of sp³-hybridized carbons (Fsp3) is 0.625. The predicted octanol–water partition coefficient (Wildman–Crippen LogP) is -0.206. The molecule has 1 heterocycles. The lowest BCUT2D eigenvalue weighted by molar-refractivity contribution is 0.254. The first-order valence-electron chi connectivity index (χ1n) is 4.73. The molecule has 0 aliphatic rings. The lowest BCUT2D eigenvalue weighted by Crippen LogP contribution is -2.36. The first-order valence-corrected chi connectivity index (χ1v) is 7.03. The summed E-state index contributed by atoms with van der Waals surface area (Å²) in [7, 11) is -3.72. The number of nitrogens with one attached hydrogen (secondary N) is 2. The third kappa shape index (κ3) is 2.91. The van der Waals surface area contributed by atoms with Crippen molar-refractivity contribution in [1.82, 2.24) is 9.71 Å². The van der Waals surface area contributed by atoms with Crippen LogP contribution in [0.4, 0.5) is 0 Å². The van der Waals surface area contributed by atoms with E-state index in [1.165, 1.54) is 6.92 Å². The number of rotatable bonds is 5. The first-order chi connectivity index (χ1) is 7.40. The van der Waals surface area contributed by atoms with Crippen LogP contribution in [0, 0.1) is 6.92 Å². The van der Waals surface area contributed by atoms with Gasteiger partial charge in [0, 0.05) is 11.7 Å². The molecule has 8 heteroatoms. The molecule has 0 unspecified atom stereocenters. The molecule has 0 aliphatic carbocycles. The summed E-state index contributed by atoms with van der Waals surface area (Å²) in [5.74, 6) is 0. The van der Waals surface area contributed by atoms with Crippen molar-refractivity contribution in [2.24, 2.45) is 0 Å². The Bertz CT molecular complexity index is 498. The Morgan fingerprint density at radius 3 is 2.56 bits per heavy atom. The molecular formula is C8H14N2O4S2. The number of aromatic amines is 1. The molecule has 1 rings (SSSR count). The molecule has 3 N–H and O–H groups in total. The zero-order chi connectivity index (χ0) is 12.3. The largest absolute Gasteiger partial charge is 0.395 e. The Morgan fingerprint density at radius 2 is 2.19 bits per heavy atom. The molecule has 0 aromatic carbocycles. The number of aromatic nitrogens is 1. The summed E-state index contributed by atoms with van der Waals surface area (Å²) in [5, 5.41) is 8.92. The number of aliphatic hydroxyl groups excluding tert-OH is 1. The van der Waals surface area contributed by atoms with Crippen LogP contribution in [0.25, 0.3) is 0 Å². The summed E-state index contributed by atoms with van der Waals surface area (Å²) in [5.41, 5.74) is 0.315. The van der Waals surface area contributed by atoms with E-state index in [1.54, 1.807) is 6.92 Å². The minimum Gasteiger partial charge on any atom is -0.395 e. The Morgan fingerprint density at radius 1 is 1.56 bits per heavy atom. The maximum atomic E-state index is 11.8. The second-order valence-electron chi connectivity index (χ2n) is 3.34. The SMILES string of the molecule is CC[C@H](CO)NS(=O)(=O)c1sc(=O)[nH]c1C. The molecule has 0 amide bonds. The molecular weight excluding hydrogens is 252 g/mol. The Hall–Kier alpha value is -0.700. The molecule has 6 nitrogen and oxygen atoms in total. The van der Waals surface area contributed by atoms with Gasteiger partial charge in [-0.3, -0.25) is 4.79 Å². The van der Waals surface area contributed by atoms with Crippen molar-refractivity contribution in [3.8, 4) is 0 Å². The molecule has 0 bridgehead atoms. The summed E-state index contributed by atoms with van der Waals surface area (Å²) in [6, 6.07) is -0.526. The van der Waals surface area contributed by atoms with Crippen LogP contribution in [0.2, 0.25) is 0 Å². The molecule has 1 aromatic heterocycles. The first kappa shape index (κ1) is 13.4. The molecule has 1 atom stereocenters. The van der Waals surface area contributed by atoms with E-state index in [9.17, 15) is 13.2 Å². The van der Waals surface area contributed by atoms with Crippen LogP contribution in [-0.4, -0.2) is 31.2 Å². The number of sulfonamides is 1. The second-order valence-corrected chi connectivity index (χ2v) is 6.23. The normalized spacial score (nSPS) is 13.9. The number of thiazole rings is 1. The van der Waals surface area contributed by atoms with E-state index >= 15 is 0 Å². The van der Waals surface area contributed by atoms with Gasteiger partial charge < -0.3 is 10.1 Å². The maximum absolute atomic E-state index is 11.8. The van der Waals surface area contributed by atoms with E-state index in [4.69, 9.17) is 5.11 Å². The van der Waals surface area contributed by atoms with E-state index in [0.717, 1.165) is 0 Å². The lowest BCUT2D eigenvalue weighted by atomic mass is 10.3. The third-order valence-electron chi connectivity index (χ3n) is 2.06. The molecule has 0 radical (unpaired) electrons. The predicted molar refractivity (Wildman–Crippen MR) is 61.2 cm³/mol. The van der Waals surface area contributed by atoms with Crippen molar-refractivity contribution in [3.63, 3.8) is 0 Å². The molecule has 1 aromatic rings. The van der Waals surface area contributed by atoms with Gasteiger partial charge >= 0.3 is 4.87 Å². The highest BCUT2D eigenvalue weighted by atomic mass is 32.2. The van der Waals surface area contributed by atoms with Crippen molar-refractivity contribution in [2.75, 3.05) is 6.61 Å². The van der Waals surface area contributed by atoms with Gasteiger partial charge in [0.05, 0.1) is 6.61 Å². The summed E-state index contributed by atoms with van der Waals surface area (Å²) in [6.07, 6.45) is 0.480. The smallest absolute Gasteiger partial charge is 0.305 e. The fourth-order valence-corrected chi connectivity index (χ4v) is 3.80. The van der Waals surface area contributed by atoms with Crippen LogP contribution >= 0.6 is 11.3 Å². The number of aryl methyl sites for hydroxylation is 1. The Labute approximate surface area is 97.4 Å². The summed E-state index contributed by atoms with van der Waals surface area (Å²) >= 11 is 0.641. The topological polar surface area (TPSA) is 99.3 Å². The zero-order valence-electron chi connectivity index (χ0n) is 8.98. The summed E-state index contributed by atoms with van der Waals surface area (Å²) in [4.78, 5) is 13.0. The van der Waals surface area contributed by atoms with Crippen molar-refractivity contribution < 1.29 is 13.5 Å². The highest BCUT2D eigenvalue weighted by molar-refractivity contribution is 7.91. The highest BCUT2D eigenvalue weighted by Gasteiger charge is 2.23. The Kier molecular flexibility index (Phi) is 4.25. The minimum absolute atomic E-state index is 0.0237. The minimum atomic E-state index is -3.72. The van der Waals surface area contributed by atoms with Gasteiger partial charge in [-0.25, -0.2) is 13.1 Å². The van der Waals surface area contributed by atoms with Crippen molar-refractivity contribution in [3.05, 3.63) is 15.4 Å². The van der Waals surface area contributed by atoms with Crippen LogP contribution in [0.3, 0.4) is 0 Å². The molecule has 16 heavy (non-hydrogen) atoms. The standard InChI is InChI=1S/C8H14N2O4S2/c1-3-6(4-11)10-16(13,14)7-5(2)9-8(12)15-7/h6,10-11H,3-4H2,1-2H3,(H,9,12)/t6-/m1/s1. The lowest BCUT2D eigenvalue weighted by Gasteiger charge is -2.13. The van der Waals surface area contributed by atoms with Gasteiger partial charge in [0.15, 0.2) is 4.21 Å². The monoisotopic (exact) mass is 266 g/mol. The summed E-state index contributed by atoms with van der Waals surface area (Å²) < 4.78 is 26.0. The average Bonchev–Trinajstić information content (AvgIpc) is 2.55. The van der Waals surface area contributed by atoms with Crippen LogP contribution in [-0.2, 0) is 10.0 Å². The number of hydrogen-bond donors (Lipinski definition) is 3. The number of H-pyrrole nitrogens is 1. The van der Waals surface area contributed by atoms with Crippen LogP contribution < -0.4 is 9.60 Å². The fourth-order valence-electron chi connectivity index (χ4n) is 1.17. The quantitative estimate of drug-likeness (QED) is 0.687. The molecule has 0 fully saturated rings. The van der Waals surface area contributed by atoms with Gasteiger partial charge in [0.2, 0.25) is 0 Å². The van der Waals surface area contributed by atoms with Crippen LogP contribution in [0.15, 0.2) is 9.00 Å². The third-order valence-corrected chi connectivity index (χ3v) is 5.19. The van der Waals surface area contributed by atoms with Crippen molar-refractivity contribution >= 4 is 21.4 Å². The van der Waals surface area contributed by atoms with Gasteiger partial charge in [-0.2, -0.15) is 0 Å². The van der Waals surface area contributed by atoms with Gasteiger partial charge in [0.25, 0.3) is 10.0 Å². The van der Waals surface area contributed by atoms with E-state index in [0.29, 0.717) is 23.5 Å². The Balaban J connectivity index is 3.03. The number of aliphatic hydroxyl groups is 1. The molecule has 0 spiro atoms. The zero-order valence-corrected chi connectivity index (χ0v) is 10.6. The van der Waals surface area contributed by atoms with Gasteiger partial charge in [-0.15, -0.1) is 0 Å². The van der Waals surface area contributed by atoms with Gasteiger partial charge in [0.1, 0.15) is 0 Å². The maximum Gasteiger partial charge on any atom is 0.305 e. The van der Waals surface area contributed by atoms with E-state index < -0.39 is 20.9 Å². The highest BCUT2D eigenvalue weighted by Crippen LogP contribution is 2.16. The molecule has 0 aliphatic heterocycles. The molecule has 0 saturated carbocycles. The molecule has 92 valence electrons. The van der Waals surface area contributed by atoms with Crippen LogP contribution in [0.5, 0.6) is 0 Å². The van der Waals surface area contributed by atoms with Crippen LogP contribution in [0.1, 0.15) is 19.0 Å². The van der Waals surface area contributed by atoms with E-state index in [1.807, 2.05) is 0 Å². The van der Waals surface area contributed by atoms with Crippen molar-refractivity contribution in [1.29, 1.82) is 0 Å². The second kappa shape index (κ2) is 5.09.